The number of nitrogens with zero attached hydrogens (tertiary/aromatic N) is 5. The molecule has 3 rings (SSSR count). The van der Waals surface area contributed by atoms with E-state index < -0.39 is 0 Å². The number of nitrogens with two attached hydrogens (primary N) is 1. The van der Waals surface area contributed by atoms with Crippen LogP contribution in [0.2, 0.25) is 0 Å². The number of imidazole rings is 1. The number of ether oxygens (including phenoxy) is 1. The van der Waals surface area contributed by atoms with E-state index in [1.807, 2.05) is 13.0 Å². The molecule has 2 N–H and O–H groups in total. The molecule has 0 amide bonds. The maximum Gasteiger partial charge on any atom is 0.151 e. The highest BCUT2D eigenvalue weighted by atomic mass is 16.5. The Morgan fingerprint density at radius 2 is 1.85 bits per heavy atom. The molecule has 7 heteroatoms. The highest BCUT2D eigenvalue weighted by Crippen LogP contribution is 2.26. The van der Waals surface area contributed by atoms with Gasteiger partial charge in [0.05, 0.1) is 12.1 Å². The zero-order valence-corrected chi connectivity index (χ0v) is 16.4. The Kier molecular flexibility index (Phi) is 6.34. The molecule has 3 aromatic heterocycles. The van der Waals surface area contributed by atoms with E-state index in [-0.39, 0.29) is 0 Å². The maximum atomic E-state index is 6.12. The first-order valence-corrected chi connectivity index (χ1v) is 9.57. The van der Waals surface area contributed by atoms with Crippen LogP contribution in [0.3, 0.4) is 0 Å². The van der Waals surface area contributed by atoms with Crippen LogP contribution in [0.15, 0.2) is 18.5 Å². The Bertz CT molecular complexity index is 891. The summed E-state index contributed by atoms with van der Waals surface area (Å²) in [4.78, 5) is 17.7. The Morgan fingerprint density at radius 1 is 1.07 bits per heavy atom. The minimum Gasteiger partial charge on any atom is -0.382 e. The van der Waals surface area contributed by atoms with Crippen molar-refractivity contribution >= 4 is 16.9 Å². The summed E-state index contributed by atoms with van der Waals surface area (Å²) in [6, 6.07) is 1.83. The van der Waals surface area contributed by atoms with E-state index >= 15 is 0 Å². The second-order valence-corrected chi connectivity index (χ2v) is 6.72. The monoisotopic (exact) mass is 368 g/mol. The first-order valence-electron chi connectivity index (χ1n) is 9.57. The highest BCUT2D eigenvalue weighted by Gasteiger charge is 2.17. The van der Waals surface area contributed by atoms with Crippen LogP contribution in [-0.4, -0.2) is 37.7 Å². The second kappa shape index (κ2) is 8.90. The Labute approximate surface area is 160 Å². The highest BCUT2D eigenvalue weighted by molar-refractivity contribution is 5.88. The van der Waals surface area contributed by atoms with Crippen molar-refractivity contribution in [1.29, 1.82) is 0 Å². The average Bonchev–Trinajstić information content (AvgIpc) is 3.03. The lowest BCUT2D eigenvalue weighted by Gasteiger charge is -2.12. The van der Waals surface area contributed by atoms with Crippen molar-refractivity contribution in [3.05, 3.63) is 41.4 Å². The quantitative estimate of drug-likeness (QED) is 0.584. The van der Waals surface area contributed by atoms with E-state index in [4.69, 9.17) is 15.5 Å². The summed E-state index contributed by atoms with van der Waals surface area (Å²) in [6.45, 7) is 8.32. The summed E-state index contributed by atoms with van der Waals surface area (Å²) < 4.78 is 8.11. The van der Waals surface area contributed by atoms with E-state index in [9.17, 15) is 0 Å². The number of fused-ring (bicyclic) bond motifs is 1. The summed E-state index contributed by atoms with van der Waals surface area (Å²) in [5.41, 5.74) is 10.1. The normalized spacial score (nSPS) is 11.4. The van der Waals surface area contributed by atoms with E-state index in [1.165, 1.54) is 0 Å². The Hall–Kier alpha value is -2.54. The number of pyridine rings is 1. The van der Waals surface area contributed by atoms with Crippen LogP contribution < -0.4 is 5.73 Å². The molecule has 0 unspecified atom stereocenters. The molecular weight excluding hydrogens is 340 g/mol. The molecule has 3 heterocycles. The first-order chi connectivity index (χ1) is 13.1. The molecule has 0 aromatic carbocycles. The third-order valence-corrected chi connectivity index (χ3v) is 4.72. The van der Waals surface area contributed by atoms with Crippen LogP contribution in [0.1, 0.15) is 42.7 Å². The third kappa shape index (κ3) is 4.42. The maximum absolute atomic E-state index is 6.12. The van der Waals surface area contributed by atoms with Crippen LogP contribution in [0, 0.1) is 13.8 Å². The van der Waals surface area contributed by atoms with Gasteiger partial charge in [-0.1, -0.05) is 6.92 Å². The van der Waals surface area contributed by atoms with Crippen molar-refractivity contribution in [2.45, 2.75) is 53.0 Å². The van der Waals surface area contributed by atoms with Gasteiger partial charge in [-0.25, -0.2) is 19.9 Å². The number of hydrogen-bond acceptors (Lipinski definition) is 6. The smallest absolute Gasteiger partial charge is 0.151 e. The van der Waals surface area contributed by atoms with E-state index in [1.54, 1.807) is 12.4 Å². The number of aryl methyl sites for hydroxylation is 4. The van der Waals surface area contributed by atoms with Crippen LogP contribution in [0.25, 0.3) is 11.0 Å². The Morgan fingerprint density at radius 3 is 2.59 bits per heavy atom. The zero-order chi connectivity index (χ0) is 19.2. The number of hydrogen-bond donors (Lipinski definition) is 1. The van der Waals surface area contributed by atoms with Crippen molar-refractivity contribution < 1.29 is 4.74 Å². The second-order valence-electron chi connectivity index (χ2n) is 6.72. The van der Waals surface area contributed by atoms with Crippen molar-refractivity contribution in [1.82, 2.24) is 24.5 Å². The lowest BCUT2D eigenvalue weighted by molar-refractivity contribution is 0.124. The molecule has 0 aliphatic heterocycles. The van der Waals surface area contributed by atoms with Crippen LogP contribution in [0.5, 0.6) is 0 Å². The molecule has 0 atom stereocenters. The fourth-order valence-corrected chi connectivity index (χ4v) is 3.25. The van der Waals surface area contributed by atoms with Gasteiger partial charge in [0, 0.05) is 44.1 Å². The van der Waals surface area contributed by atoms with Crippen LogP contribution in [0.4, 0.5) is 5.82 Å². The molecule has 144 valence electrons. The molecule has 0 spiro atoms. The summed E-state index contributed by atoms with van der Waals surface area (Å²) >= 11 is 0. The minimum atomic E-state index is 0.507. The van der Waals surface area contributed by atoms with E-state index in [2.05, 4.69) is 33.4 Å². The van der Waals surface area contributed by atoms with Gasteiger partial charge >= 0.3 is 0 Å². The van der Waals surface area contributed by atoms with Gasteiger partial charge in [0.15, 0.2) is 5.82 Å². The number of nitrogen functional groups attached to an aromatic ring is 1. The molecule has 0 radical (unpaired) electrons. The van der Waals surface area contributed by atoms with Gasteiger partial charge in [0.2, 0.25) is 0 Å². The fraction of sp³-hybridized carbons (Fsp3) is 0.500. The number of aromatic nitrogens is 5. The SMILES string of the molecule is CCCc1nc2c(N)nc(C)c(C)c2n1CCOCCCc1ncccn1. The van der Waals surface area contributed by atoms with E-state index in [0.29, 0.717) is 19.0 Å². The van der Waals surface area contributed by atoms with Crippen molar-refractivity contribution in [2.24, 2.45) is 0 Å². The first kappa shape index (κ1) is 19.2. The van der Waals surface area contributed by atoms with Gasteiger partial charge in [-0.3, -0.25) is 0 Å². The largest absolute Gasteiger partial charge is 0.382 e. The summed E-state index contributed by atoms with van der Waals surface area (Å²) in [5.74, 6) is 2.42. The topological polar surface area (TPSA) is 91.7 Å². The minimum absolute atomic E-state index is 0.507. The Balaban J connectivity index is 1.64. The van der Waals surface area contributed by atoms with Gasteiger partial charge in [0.25, 0.3) is 0 Å². The predicted octanol–water partition coefficient (Wildman–Crippen LogP) is 3.02. The predicted molar refractivity (Wildman–Crippen MR) is 107 cm³/mol. The molecule has 3 aromatic rings. The number of rotatable bonds is 9. The molecule has 0 saturated heterocycles. The van der Waals surface area contributed by atoms with Gasteiger partial charge in [0.1, 0.15) is 17.2 Å². The van der Waals surface area contributed by atoms with Gasteiger partial charge in [-0.05, 0) is 38.3 Å². The molecule has 0 aliphatic rings. The van der Waals surface area contributed by atoms with Gasteiger partial charge in [-0.15, -0.1) is 0 Å². The summed E-state index contributed by atoms with van der Waals surface area (Å²) in [6.07, 6.45) is 7.23. The molecule has 0 fully saturated rings. The summed E-state index contributed by atoms with van der Waals surface area (Å²) in [7, 11) is 0. The summed E-state index contributed by atoms with van der Waals surface area (Å²) in [5, 5.41) is 0. The number of anilines is 1. The van der Waals surface area contributed by atoms with Gasteiger partial charge in [-0.2, -0.15) is 0 Å². The van der Waals surface area contributed by atoms with Gasteiger partial charge < -0.3 is 15.0 Å². The molecule has 0 bridgehead atoms. The lowest BCUT2D eigenvalue weighted by Crippen LogP contribution is -2.11. The zero-order valence-electron chi connectivity index (χ0n) is 16.4. The van der Waals surface area contributed by atoms with Crippen LogP contribution >= 0.6 is 0 Å². The average molecular weight is 368 g/mol. The van der Waals surface area contributed by atoms with Crippen molar-refractivity contribution in [3.8, 4) is 0 Å². The lowest BCUT2D eigenvalue weighted by atomic mass is 10.2. The molecule has 0 saturated carbocycles. The molecular formula is C20H28N6O. The standard InChI is InChI=1S/C20H28N6O/c1-4-7-17-25-18-19(14(2)15(3)24-20(18)21)26(17)11-13-27-12-5-8-16-22-9-6-10-23-16/h6,9-10H,4-5,7-8,11-13H2,1-3H3,(H2,21,24). The van der Waals surface area contributed by atoms with Crippen molar-refractivity contribution in [2.75, 3.05) is 18.9 Å². The van der Waals surface area contributed by atoms with Crippen LogP contribution in [-0.2, 0) is 24.1 Å². The van der Waals surface area contributed by atoms with Crippen molar-refractivity contribution in [3.63, 3.8) is 0 Å². The molecule has 27 heavy (non-hydrogen) atoms. The third-order valence-electron chi connectivity index (χ3n) is 4.72. The molecule has 7 nitrogen and oxygen atoms in total. The fourth-order valence-electron chi connectivity index (χ4n) is 3.25. The van der Waals surface area contributed by atoms with E-state index in [0.717, 1.165) is 66.2 Å². The molecule has 0 aliphatic carbocycles.